The van der Waals surface area contributed by atoms with Gasteiger partial charge in [-0.15, -0.1) is 0 Å². The van der Waals surface area contributed by atoms with E-state index in [9.17, 15) is 14.0 Å². The number of hydrogen-bond donors (Lipinski definition) is 0. The third kappa shape index (κ3) is 8.75. The first-order chi connectivity index (χ1) is 18.2. The summed E-state index contributed by atoms with van der Waals surface area (Å²) in [4.78, 5) is 22.9. The molecule has 0 saturated carbocycles. The van der Waals surface area contributed by atoms with Crippen molar-refractivity contribution in [2.45, 2.75) is 13.8 Å². The topological polar surface area (TPSA) is 61.8 Å². The second kappa shape index (κ2) is 13.6. The van der Waals surface area contributed by atoms with E-state index in [-0.39, 0.29) is 19.0 Å². The van der Waals surface area contributed by atoms with E-state index in [1.807, 2.05) is 42.5 Å². The average Bonchev–Trinajstić information content (AvgIpc) is 2.90. The highest BCUT2D eigenvalue weighted by atomic mass is 19.1. The van der Waals surface area contributed by atoms with Gasteiger partial charge in [-0.3, -0.25) is 0 Å². The summed E-state index contributed by atoms with van der Waals surface area (Å²) in [7, 11) is 0. The minimum atomic E-state index is -0.480. The molecule has 0 aromatic heterocycles. The third-order valence-corrected chi connectivity index (χ3v) is 5.20. The van der Waals surface area contributed by atoms with Crippen LogP contribution in [0.4, 0.5) is 4.39 Å². The number of carbonyl (C=O) groups is 2. The highest BCUT2D eigenvalue weighted by Crippen LogP contribution is 2.19. The maximum atomic E-state index is 14.7. The fourth-order valence-electron chi connectivity index (χ4n) is 3.09. The Kier molecular flexibility index (Phi) is 9.94. The standard InChI is InChI=1S/C32H29FO5/c1-22(2)31(34)37-20-19-36-28-15-9-24(10-16-28)5-6-26-8-14-27(30(33)21-26)13-7-25-11-17-29(18-12-25)38-32(35)23(3)4/h5-18,21H,1,3,19-20H2,2,4H3. The first-order valence-electron chi connectivity index (χ1n) is 11.9. The molecule has 0 fully saturated rings. The molecule has 0 saturated heterocycles. The molecule has 0 aliphatic heterocycles. The van der Waals surface area contributed by atoms with Gasteiger partial charge in [0.25, 0.3) is 0 Å². The van der Waals surface area contributed by atoms with E-state index in [4.69, 9.17) is 14.2 Å². The number of halogens is 1. The zero-order valence-corrected chi connectivity index (χ0v) is 21.4. The van der Waals surface area contributed by atoms with Crippen LogP contribution in [0.3, 0.4) is 0 Å². The van der Waals surface area contributed by atoms with Gasteiger partial charge >= 0.3 is 11.9 Å². The monoisotopic (exact) mass is 512 g/mol. The van der Waals surface area contributed by atoms with E-state index in [2.05, 4.69) is 13.2 Å². The largest absolute Gasteiger partial charge is 0.490 e. The zero-order valence-electron chi connectivity index (χ0n) is 21.4. The number of carbonyl (C=O) groups excluding carboxylic acids is 2. The van der Waals surface area contributed by atoms with E-state index >= 15 is 0 Å². The smallest absolute Gasteiger partial charge is 0.338 e. The molecule has 0 amide bonds. The van der Waals surface area contributed by atoms with Crippen molar-refractivity contribution in [3.8, 4) is 11.5 Å². The van der Waals surface area contributed by atoms with Crippen molar-refractivity contribution >= 4 is 36.2 Å². The molecular formula is C32H29FO5. The maximum absolute atomic E-state index is 14.7. The van der Waals surface area contributed by atoms with Crippen LogP contribution in [0.25, 0.3) is 24.3 Å². The van der Waals surface area contributed by atoms with Crippen molar-refractivity contribution in [1.29, 1.82) is 0 Å². The first kappa shape index (κ1) is 27.9. The Bertz CT molecular complexity index is 1370. The number of hydrogen-bond acceptors (Lipinski definition) is 5. The lowest BCUT2D eigenvalue weighted by molar-refractivity contribution is -0.139. The minimum Gasteiger partial charge on any atom is -0.490 e. The SMILES string of the molecule is C=C(C)C(=O)OCCOc1ccc(C=Cc2ccc(C=Cc3ccc(OC(=O)C(=C)C)cc3)c(F)c2)cc1. The normalized spacial score (nSPS) is 10.9. The minimum absolute atomic E-state index is 0.142. The van der Waals surface area contributed by atoms with Gasteiger partial charge in [0.15, 0.2) is 0 Å². The van der Waals surface area contributed by atoms with E-state index in [0.717, 1.165) is 16.7 Å². The van der Waals surface area contributed by atoms with Gasteiger partial charge in [-0.1, -0.05) is 73.9 Å². The van der Waals surface area contributed by atoms with Crippen LogP contribution in [-0.2, 0) is 14.3 Å². The Morgan fingerprint density at radius 3 is 1.82 bits per heavy atom. The maximum Gasteiger partial charge on any atom is 0.338 e. The van der Waals surface area contributed by atoms with Crippen LogP contribution in [0.5, 0.6) is 11.5 Å². The fraction of sp³-hybridized carbons (Fsp3) is 0.125. The van der Waals surface area contributed by atoms with Crippen LogP contribution >= 0.6 is 0 Å². The number of benzene rings is 3. The summed E-state index contributed by atoms with van der Waals surface area (Å²) in [6.45, 7) is 10.6. The van der Waals surface area contributed by atoms with Gasteiger partial charge in [0.2, 0.25) is 0 Å². The summed E-state index contributed by atoms with van der Waals surface area (Å²) < 4.78 is 30.4. The molecule has 3 aromatic carbocycles. The highest BCUT2D eigenvalue weighted by molar-refractivity contribution is 5.89. The molecule has 0 aliphatic carbocycles. The van der Waals surface area contributed by atoms with E-state index in [0.29, 0.717) is 28.2 Å². The Morgan fingerprint density at radius 2 is 1.24 bits per heavy atom. The summed E-state index contributed by atoms with van der Waals surface area (Å²) in [5.74, 6) is -0.193. The molecule has 0 atom stereocenters. The predicted molar refractivity (Wildman–Crippen MR) is 149 cm³/mol. The lowest BCUT2D eigenvalue weighted by atomic mass is 10.1. The summed E-state index contributed by atoms with van der Waals surface area (Å²) in [5.41, 5.74) is 3.61. The molecule has 3 aromatic rings. The van der Waals surface area contributed by atoms with Crippen molar-refractivity contribution in [2.75, 3.05) is 13.2 Å². The molecule has 3 rings (SSSR count). The van der Waals surface area contributed by atoms with Gasteiger partial charge in [-0.25, -0.2) is 14.0 Å². The molecule has 194 valence electrons. The van der Waals surface area contributed by atoms with Gasteiger partial charge in [-0.05, 0) is 60.9 Å². The van der Waals surface area contributed by atoms with Crippen LogP contribution in [-0.4, -0.2) is 25.2 Å². The summed E-state index contributed by atoms with van der Waals surface area (Å²) in [6, 6.07) is 19.3. The van der Waals surface area contributed by atoms with Crippen LogP contribution in [0.15, 0.2) is 91.0 Å². The molecule has 6 heteroatoms. The van der Waals surface area contributed by atoms with Crippen LogP contribution in [0.2, 0.25) is 0 Å². The Hall–Kier alpha value is -4.71. The van der Waals surface area contributed by atoms with Gasteiger partial charge in [0.05, 0.1) is 0 Å². The molecule has 5 nitrogen and oxygen atoms in total. The van der Waals surface area contributed by atoms with Crippen LogP contribution < -0.4 is 9.47 Å². The van der Waals surface area contributed by atoms with Crippen molar-refractivity contribution in [3.05, 3.63) is 119 Å². The predicted octanol–water partition coefficient (Wildman–Crippen LogP) is 7.15. The van der Waals surface area contributed by atoms with E-state index < -0.39 is 11.9 Å². The summed E-state index contributed by atoms with van der Waals surface area (Å²) >= 11 is 0. The van der Waals surface area contributed by atoms with Crippen LogP contribution in [0, 0.1) is 5.82 Å². The molecule has 0 bridgehead atoms. The molecule has 0 heterocycles. The van der Waals surface area contributed by atoms with Gasteiger partial charge in [0.1, 0.15) is 30.5 Å². The molecule has 0 unspecified atom stereocenters. The summed E-state index contributed by atoms with van der Waals surface area (Å²) in [5, 5.41) is 0. The second-order valence-corrected chi connectivity index (χ2v) is 8.52. The van der Waals surface area contributed by atoms with Gasteiger partial charge in [0, 0.05) is 16.7 Å². The van der Waals surface area contributed by atoms with Crippen molar-refractivity contribution in [1.82, 2.24) is 0 Å². The van der Waals surface area contributed by atoms with Gasteiger partial charge in [-0.2, -0.15) is 0 Å². The molecule has 0 N–H and O–H groups in total. The Labute approximate surface area is 222 Å². The van der Waals surface area contributed by atoms with Crippen molar-refractivity contribution in [2.24, 2.45) is 0 Å². The molecule has 0 aliphatic rings. The highest BCUT2D eigenvalue weighted by Gasteiger charge is 2.05. The van der Waals surface area contributed by atoms with Crippen LogP contribution in [0.1, 0.15) is 36.1 Å². The molecule has 38 heavy (non-hydrogen) atoms. The lowest BCUT2D eigenvalue weighted by Crippen LogP contribution is -2.12. The number of ether oxygens (including phenoxy) is 3. The lowest BCUT2D eigenvalue weighted by Gasteiger charge is -2.07. The Morgan fingerprint density at radius 1 is 0.711 bits per heavy atom. The fourth-order valence-corrected chi connectivity index (χ4v) is 3.09. The van der Waals surface area contributed by atoms with E-state index in [1.165, 1.54) is 6.07 Å². The molecule has 0 spiro atoms. The second-order valence-electron chi connectivity index (χ2n) is 8.52. The Balaban J connectivity index is 1.53. The quantitative estimate of drug-likeness (QED) is 0.0898. The van der Waals surface area contributed by atoms with Crippen molar-refractivity contribution in [3.63, 3.8) is 0 Å². The van der Waals surface area contributed by atoms with Crippen molar-refractivity contribution < 1.29 is 28.2 Å². The summed E-state index contributed by atoms with van der Waals surface area (Å²) in [6.07, 6.45) is 7.18. The number of rotatable bonds is 11. The molecular weight excluding hydrogens is 483 g/mol. The van der Waals surface area contributed by atoms with Gasteiger partial charge < -0.3 is 14.2 Å². The first-order valence-corrected chi connectivity index (χ1v) is 11.9. The third-order valence-electron chi connectivity index (χ3n) is 5.20. The zero-order chi connectivity index (χ0) is 27.5. The van der Waals surface area contributed by atoms with E-state index in [1.54, 1.807) is 56.3 Å². The average molecular weight is 513 g/mol. The number of esters is 2. The molecule has 0 radical (unpaired) electrons.